The van der Waals surface area contributed by atoms with Gasteiger partial charge in [-0.05, 0) is 40.3 Å². The van der Waals surface area contributed by atoms with E-state index >= 15 is 0 Å². The summed E-state index contributed by atoms with van der Waals surface area (Å²) >= 11 is 0. The Morgan fingerprint density at radius 1 is 1.00 bits per heavy atom. The van der Waals surface area contributed by atoms with Crippen molar-refractivity contribution in [3.05, 3.63) is 24.9 Å². The largest absolute Gasteiger partial charge is 0.528 e. The molecule has 0 spiro atoms. The SMILES string of the molecule is C=CC(C)(C)O[SiH3].C=C[Si](OCC)(OCC)OCC. The molecule has 0 aromatic carbocycles. The standard InChI is InChI=1S/C8H18O3Si.C5H12OSi/c1-5-9-12(8-4,10-6-2)11-7-3;1-4-5(2,3)6-7/h8H,4-7H2,1-3H3;4H,1H2,2-3,7H3. The van der Waals surface area contributed by atoms with Gasteiger partial charge in [-0.25, -0.2) is 0 Å². The smallest absolute Gasteiger partial charge is 0.420 e. The Kier molecular flexibility index (Phi) is 12.8. The van der Waals surface area contributed by atoms with E-state index in [2.05, 4.69) is 13.2 Å². The predicted octanol–water partition coefficient (Wildman–Crippen LogP) is 2.01. The quantitative estimate of drug-likeness (QED) is 0.482. The summed E-state index contributed by atoms with van der Waals surface area (Å²) in [6.45, 7) is 18.8. The molecule has 0 N–H and O–H groups in total. The third kappa shape index (κ3) is 10.2. The van der Waals surface area contributed by atoms with E-state index in [1.807, 2.05) is 34.6 Å². The van der Waals surface area contributed by atoms with E-state index < -0.39 is 8.80 Å². The Bertz CT molecular complexity index is 228. The van der Waals surface area contributed by atoms with Crippen LogP contribution >= 0.6 is 0 Å². The van der Waals surface area contributed by atoms with Gasteiger partial charge in [0.25, 0.3) is 0 Å². The van der Waals surface area contributed by atoms with E-state index in [-0.39, 0.29) is 5.60 Å². The molecule has 0 aliphatic heterocycles. The van der Waals surface area contributed by atoms with Gasteiger partial charge in [0.15, 0.2) is 0 Å². The van der Waals surface area contributed by atoms with Gasteiger partial charge in [-0.15, -0.1) is 6.58 Å². The molecule has 0 fully saturated rings. The van der Waals surface area contributed by atoms with Gasteiger partial charge in [0.05, 0.1) is 5.60 Å². The summed E-state index contributed by atoms with van der Waals surface area (Å²) in [6, 6.07) is 0. The van der Waals surface area contributed by atoms with Gasteiger partial charge in [0, 0.05) is 19.8 Å². The van der Waals surface area contributed by atoms with E-state index in [0.29, 0.717) is 19.8 Å². The second kappa shape index (κ2) is 11.6. The normalized spacial score (nSPS) is 11.6. The molecule has 0 amide bonds. The molecule has 0 aromatic heterocycles. The van der Waals surface area contributed by atoms with Crippen LogP contribution in [-0.2, 0) is 17.7 Å². The minimum Gasteiger partial charge on any atom is -0.420 e. The topological polar surface area (TPSA) is 36.9 Å². The molecule has 0 saturated heterocycles. The summed E-state index contributed by atoms with van der Waals surface area (Å²) in [5, 5.41) is 0. The zero-order valence-corrected chi connectivity index (χ0v) is 16.3. The number of hydrogen-bond donors (Lipinski definition) is 0. The maximum Gasteiger partial charge on any atom is 0.528 e. The van der Waals surface area contributed by atoms with Crippen LogP contribution in [0.4, 0.5) is 0 Å². The molecule has 0 aromatic rings. The van der Waals surface area contributed by atoms with Crippen LogP contribution in [0.25, 0.3) is 0 Å². The highest BCUT2D eigenvalue weighted by Crippen LogP contribution is 2.10. The average Bonchev–Trinajstić information content (AvgIpc) is 2.40. The molecule has 0 aliphatic rings. The lowest BCUT2D eigenvalue weighted by molar-refractivity contribution is 0.0844. The van der Waals surface area contributed by atoms with Gasteiger partial charge >= 0.3 is 8.80 Å². The number of hydrogen-bond acceptors (Lipinski definition) is 4. The van der Waals surface area contributed by atoms with E-state index in [4.69, 9.17) is 17.7 Å². The highest BCUT2D eigenvalue weighted by Gasteiger charge is 2.36. The van der Waals surface area contributed by atoms with Crippen molar-refractivity contribution < 1.29 is 17.7 Å². The third-order valence-electron chi connectivity index (χ3n) is 2.30. The van der Waals surface area contributed by atoms with Gasteiger partial charge in [-0.1, -0.05) is 12.7 Å². The lowest BCUT2D eigenvalue weighted by atomic mass is 10.1. The molecular weight excluding hydrogens is 276 g/mol. The summed E-state index contributed by atoms with van der Waals surface area (Å²) in [4.78, 5) is 0. The zero-order chi connectivity index (χ0) is 15.4. The molecule has 6 heteroatoms. The number of rotatable bonds is 9. The summed E-state index contributed by atoms with van der Waals surface area (Å²) < 4.78 is 21.4. The minimum absolute atomic E-state index is 0.0910. The van der Waals surface area contributed by atoms with Gasteiger partial charge in [-0.3, -0.25) is 0 Å². The van der Waals surface area contributed by atoms with Crippen molar-refractivity contribution in [2.75, 3.05) is 19.8 Å². The van der Waals surface area contributed by atoms with Crippen molar-refractivity contribution in [3.63, 3.8) is 0 Å². The Morgan fingerprint density at radius 2 is 1.37 bits per heavy atom. The molecule has 0 saturated carbocycles. The Labute approximate surface area is 122 Å². The predicted molar refractivity (Wildman–Crippen MR) is 86.1 cm³/mol. The van der Waals surface area contributed by atoms with E-state index in [0.717, 1.165) is 10.5 Å². The van der Waals surface area contributed by atoms with Crippen LogP contribution in [0.2, 0.25) is 0 Å². The monoisotopic (exact) mass is 306 g/mol. The van der Waals surface area contributed by atoms with Crippen LogP contribution in [0.1, 0.15) is 34.6 Å². The first-order chi connectivity index (χ1) is 8.86. The van der Waals surface area contributed by atoms with Crippen LogP contribution in [0.3, 0.4) is 0 Å². The van der Waals surface area contributed by atoms with Gasteiger partial charge in [-0.2, -0.15) is 0 Å². The molecule has 4 nitrogen and oxygen atoms in total. The molecule has 0 rings (SSSR count). The van der Waals surface area contributed by atoms with Crippen LogP contribution < -0.4 is 0 Å². The maximum absolute atomic E-state index is 5.44. The van der Waals surface area contributed by atoms with E-state index in [1.54, 1.807) is 11.8 Å². The van der Waals surface area contributed by atoms with E-state index in [9.17, 15) is 0 Å². The molecule has 0 unspecified atom stereocenters. The molecule has 114 valence electrons. The highest BCUT2D eigenvalue weighted by molar-refractivity contribution is 6.66. The molecule has 0 heterocycles. The highest BCUT2D eigenvalue weighted by atomic mass is 28.4. The first-order valence-corrected chi connectivity index (χ1v) is 9.22. The molecular formula is C13H30O4Si2. The van der Waals surface area contributed by atoms with Gasteiger partial charge in [0.1, 0.15) is 10.5 Å². The Balaban J connectivity index is 0. The van der Waals surface area contributed by atoms with Crippen molar-refractivity contribution in [1.29, 1.82) is 0 Å². The fraction of sp³-hybridized carbons (Fsp3) is 0.692. The van der Waals surface area contributed by atoms with Crippen molar-refractivity contribution in [2.24, 2.45) is 0 Å². The Hall–Kier alpha value is -0.246. The Morgan fingerprint density at radius 3 is 1.47 bits per heavy atom. The van der Waals surface area contributed by atoms with Crippen molar-refractivity contribution >= 4 is 19.3 Å². The minimum atomic E-state index is -2.51. The lowest BCUT2D eigenvalue weighted by Gasteiger charge is -2.24. The molecule has 0 atom stereocenters. The van der Waals surface area contributed by atoms with Crippen LogP contribution in [0.5, 0.6) is 0 Å². The fourth-order valence-corrected chi connectivity index (χ4v) is 2.97. The summed E-state index contributed by atoms with van der Waals surface area (Å²) in [6.07, 6.45) is 1.81. The fourth-order valence-electron chi connectivity index (χ4n) is 0.989. The second-order valence-corrected chi connectivity index (χ2v) is 7.01. The maximum atomic E-state index is 5.44. The first-order valence-electron chi connectivity index (χ1n) is 6.61. The molecule has 0 aliphatic carbocycles. The van der Waals surface area contributed by atoms with Crippen molar-refractivity contribution in [3.8, 4) is 0 Å². The van der Waals surface area contributed by atoms with Gasteiger partial charge in [0.2, 0.25) is 0 Å². The van der Waals surface area contributed by atoms with Crippen molar-refractivity contribution in [2.45, 2.75) is 40.2 Å². The van der Waals surface area contributed by atoms with Crippen LogP contribution in [0, 0.1) is 0 Å². The van der Waals surface area contributed by atoms with E-state index in [1.165, 1.54) is 0 Å². The van der Waals surface area contributed by atoms with Crippen molar-refractivity contribution in [1.82, 2.24) is 0 Å². The summed E-state index contributed by atoms with van der Waals surface area (Å²) in [7, 11) is -1.72. The first kappa shape index (κ1) is 21.1. The zero-order valence-electron chi connectivity index (χ0n) is 13.3. The second-order valence-electron chi connectivity index (χ2n) is 4.12. The third-order valence-corrected chi connectivity index (χ3v) is 5.93. The van der Waals surface area contributed by atoms with Crippen LogP contribution in [-0.4, -0.2) is 44.7 Å². The summed E-state index contributed by atoms with van der Waals surface area (Å²) in [5.41, 5.74) is 1.58. The lowest BCUT2D eigenvalue weighted by Crippen LogP contribution is -2.44. The molecule has 0 radical (unpaired) electrons. The van der Waals surface area contributed by atoms with Crippen LogP contribution in [0.15, 0.2) is 24.9 Å². The summed E-state index contributed by atoms with van der Waals surface area (Å²) in [5.74, 6) is 0. The molecule has 0 bridgehead atoms. The van der Waals surface area contributed by atoms with Gasteiger partial charge < -0.3 is 17.7 Å². The molecule has 19 heavy (non-hydrogen) atoms. The average molecular weight is 307 g/mol.